The average molecular weight is 311 g/mol. The highest BCUT2D eigenvalue weighted by Crippen LogP contribution is 2.35. The van der Waals surface area contributed by atoms with E-state index in [1.54, 1.807) is 0 Å². The molecule has 0 amide bonds. The molecule has 1 unspecified atom stereocenters. The van der Waals surface area contributed by atoms with Crippen LogP contribution in [0.1, 0.15) is 53.0 Å². The summed E-state index contributed by atoms with van der Waals surface area (Å²) in [5.41, 5.74) is 0.812. The molecule has 1 aromatic rings. The van der Waals surface area contributed by atoms with Gasteiger partial charge in [-0.1, -0.05) is 50.6 Å². The molecule has 0 aromatic heterocycles. The van der Waals surface area contributed by atoms with Gasteiger partial charge in [0.05, 0.1) is 5.60 Å². The van der Waals surface area contributed by atoms with E-state index in [0.29, 0.717) is 13.2 Å². The first-order valence-corrected chi connectivity index (χ1v) is 10.0. The fourth-order valence-electron chi connectivity index (χ4n) is 2.51. The fourth-order valence-corrected chi connectivity index (χ4v) is 5.54. The van der Waals surface area contributed by atoms with Crippen molar-refractivity contribution in [3.63, 3.8) is 0 Å². The van der Waals surface area contributed by atoms with Crippen molar-refractivity contribution in [2.24, 2.45) is 0 Å². The molecule has 120 valence electrons. The smallest absolute Gasteiger partial charge is 0.374 e. The molecule has 0 N–H and O–H groups in total. The molecule has 0 aliphatic carbocycles. The van der Waals surface area contributed by atoms with E-state index in [0.717, 1.165) is 18.9 Å². The third-order valence-corrected chi connectivity index (χ3v) is 7.06. The van der Waals surface area contributed by atoms with Gasteiger partial charge in [0.2, 0.25) is 0 Å². The van der Waals surface area contributed by atoms with Crippen molar-refractivity contribution >= 4 is 8.80 Å². The van der Waals surface area contributed by atoms with E-state index in [9.17, 15) is 0 Å². The molecule has 0 aliphatic rings. The molecule has 0 radical (unpaired) electrons. The molecule has 0 bridgehead atoms. The summed E-state index contributed by atoms with van der Waals surface area (Å²) in [5.74, 6) is 0. The van der Waals surface area contributed by atoms with Crippen molar-refractivity contribution < 1.29 is 13.3 Å². The summed E-state index contributed by atoms with van der Waals surface area (Å²) in [6.07, 6.45) is 1.89. The summed E-state index contributed by atoms with van der Waals surface area (Å²) in [4.78, 5) is 0. The summed E-state index contributed by atoms with van der Waals surface area (Å²) in [7, 11) is -2.63. The Balaban J connectivity index is 3.07. The van der Waals surface area contributed by atoms with E-state index in [2.05, 4.69) is 45.0 Å². The molecule has 0 saturated carbocycles. The highest BCUT2D eigenvalue weighted by Gasteiger charge is 2.46. The molecule has 21 heavy (non-hydrogen) atoms. The first-order chi connectivity index (χ1) is 10.1. The molecule has 0 spiro atoms. The van der Waals surface area contributed by atoms with Gasteiger partial charge in [-0.2, -0.15) is 0 Å². The zero-order valence-corrected chi connectivity index (χ0v) is 15.1. The Morgan fingerprint density at radius 1 is 0.952 bits per heavy atom. The highest BCUT2D eigenvalue weighted by molar-refractivity contribution is 6.60. The van der Waals surface area contributed by atoms with Crippen molar-refractivity contribution in [1.29, 1.82) is 0 Å². The quantitative estimate of drug-likeness (QED) is 0.584. The molecule has 1 rings (SSSR count). The highest BCUT2D eigenvalue weighted by atomic mass is 28.4. The van der Waals surface area contributed by atoms with Gasteiger partial charge in [0.15, 0.2) is 0 Å². The molecule has 0 saturated heterocycles. The van der Waals surface area contributed by atoms with Crippen molar-refractivity contribution in [3.8, 4) is 0 Å². The second-order valence-corrected chi connectivity index (χ2v) is 8.00. The number of hydrogen-bond donors (Lipinski definition) is 0. The molecule has 0 heterocycles. The average Bonchev–Trinajstić information content (AvgIpc) is 2.49. The minimum Gasteiger partial charge on any atom is -0.374 e. The largest absolute Gasteiger partial charge is 0.501 e. The normalized spacial score (nSPS) is 14.9. The van der Waals surface area contributed by atoms with Crippen LogP contribution in [0.15, 0.2) is 30.3 Å². The zero-order valence-electron chi connectivity index (χ0n) is 14.1. The van der Waals surface area contributed by atoms with E-state index in [-0.39, 0.29) is 5.60 Å². The second kappa shape index (κ2) is 8.69. The molecule has 4 heteroatoms. The van der Waals surface area contributed by atoms with Crippen LogP contribution in [0.4, 0.5) is 0 Å². The standard InChI is InChI=1S/C17H30O3Si/c1-6-15-21(18-8-3,19-9-4)20-17(5,7-2)16-13-11-10-12-14-16/h10-14H,6-9,15H2,1-5H3. The lowest BCUT2D eigenvalue weighted by Gasteiger charge is -2.39. The van der Waals surface area contributed by atoms with Gasteiger partial charge in [0.1, 0.15) is 0 Å². The van der Waals surface area contributed by atoms with Crippen LogP contribution in [0.3, 0.4) is 0 Å². The number of benzene rings is 1. The Morgan fingerprint density at radius 2 is 1.52 bits per heavy atom. The lowest BCUT2D eigenvalue weighted by Crippen LogP contribution is -2.51. The SMILES string of the molecule is CCC[Si](OCC)(OCC)OC(C)(CC)c1ccccc1. The number of rotatable bonds is 10. The van der Waals surface area contributed by atoms with Crippen molar-refractivity contribution in [2.75, 3.05) is 13.2 Å². The third-order valence-electron chi connectivity index (χ3n) is 3.72. The van der Waals surface area contributed by atoms with Crippen LogP contribution in [-0.4, -0.2) is 22.0 Å². The van der Waals surface area contributed by atoms with Gasteiger partial charge in [-0.05, 0) is 32.8 Å². The Bertz CT molecular complexity index is 379. The van der Waals surface area contributed by atoms with Gasteiger partial charge in [-0.15, -0.1) is 0 Å². The Kier molecular flexibility index (Phi) is 7.60. The van der Waals surface area contributed by atoms with Crippen LogP contribution in [0.25, 0.3) is 0 Å². The molecule has 0 fully saturated rings. The van der Waals surface area contributed by atoms with Crippen LogP contribution in [0.5, 0.6) is 0 Å². The zero-order chi connectivity index (χ0) is 15.8. The van der Waals surface area contributed by atoms with Gasteiger partial charge >= 0.3 is 8.80 Å². The van der Waals surface area contributed by atoms with Gasteiger partial charge in [-0.3, -0.25) is 0 Å². The van der Waals surface area contributed by atoms with E-state index in [4.69, 9.17) is 13.3 Å². The monoisotopic (exact) mass is 310 g/mol. The van der Waals surface area contributed by atoms with Crippen LogP contribution in [0.2, 0.25) is 6.04 Å². The fraction of sp³-hybridized carbons (Fsp3) is 0.647. The van der Waals surface area contributed by atoms with Crippen LogP contribution in [0, 0.1) is 0 Å². The molecular formula is C17H30O3Si. The summed E-state index contributed by atoms with van der Waals surface area (Å²) < 4.78 is 18.6. The van der Waals surface area contributed by atoms with Crippen LogP contribution >= 0.6 is 0 Å². The Labute approximate surface area is 131 Å². The first kappa shape index (κ1) is 18.4. The van der Waals surface area contributed by atoms with Gasteiger partial charge in [-0.25, -0.2) is 0 Å². The molecule has 0 aliphatic heterocycles. The summed E-state index contributed by atoms with van der Waals surface area (Å²) in [6, 6.07) is 11.2. The minimum atomic E-state index is -2.63. The second-order valence-electron chi connectivity index (χ2n) is 5.35. The maximum absolute atomic E-state index is 6.58. The minimum absolute atomic E-state index is 0.368. The number of hydrogen-bond acceptors (Lipinski definition) is 3. The Morgan fingerprint density at radius 3 is 1.95 bits per heavy atom. The van der Waals surface area contributed by atoms with E-state index in [1.165, 1.54) is 5.56 Å². The topological polar surface area (TPSA) is 27.7 Å². The van der Waals surface area contributed by atoms with Crippen LogP contribution < -0.4 is 0 Å². The Hall–Kier alpha value is -0.683. The molecular weight excluding hydrogens is 280 g/mol. The maximum atomic E-state index is 6.58. The maximum Gasteiger partial charge on any atom is 0.501 e. The summed E-state index contributed by atoms with van der Waals surface area (Å²) in [6.45, 7) is 11.7. The van der Waals surface area contributed by atoms with Crippen molar-refractivity contribution in [1.82, 2.24) is 0 Å². The van der Waals surface area contributed by atoms with E-state index >= 15 is 0 Å². The van der Waals surface area contributed by atoms with Crippen LogP contribution in [-0.2, 0) is 18.9 Å². The lowest BCUT2D eigenvalue weighted by molar-refractivity contribution is -0.0258. The molecule has 1 atom stereocenters. The third kappa shape index (κ3) is 4.92. The predicted octanol–water partition coefficient (Wildman–Crippen LogP) is 4.75. The summed E-state index contributed by atoms with van der Waals surface area (Å²) >= 11 is 0. The van der Waals surface area contributed by atoms with Gasteiger partial charge in [0, 0.05) is 19.3 Å². The molecule has 3 nitrogen and oxygen atoms in total. The van der Waals surface area contributed by atoms with Crippen molar-refractivity contribution in [2.45, 2.75) is 59.1 Å². The van der Waals surface area contributed by atoms with Crippen molar-refractivity contribution in [3.05, 3.63) is 35.9 Å². The first-order valence-electron chi connectivity index (χ1n) is 8.09. The molecule has 1 aromatic carbocycles. The van der Waals surface area contributed by atoms with Gasteiger partial charge < -0.3 is 13.3 Å². The predicted molar refractivity (Wildman–Crippen MR) is 89.3 cm³/mol. The lowest BCUT2D eigenvalue weighted by atomic mass is 9.94. The van der Waals surface area contributed by atoms with E-state index in [1.807, 2.05) is 19.9 Å². The van der Waals surface area contributed by atoms with Gasteiger partial charge in [0.25, 0.3) is 0 Å². The van der Waals surface area contributed by atoms with E-state index < -0.39 is 8.80 Å². The summed E-state index contributed by atoms with van der Waals surface area (Å²) in [5, 5.41) is 0.